The van der Waals surface area contributed by atoms with Gasteiger partial charge in [0.05, 0.1) is 11.1 Å². The van der Waals surface area contributed by atoms with Gasteiger partial charge in [0.2, 0.25) is 5.91 Å². The molecule has 1 aliphatic heterocycles. The van der Waals surface area contributed by atoms with Crippen molar-refractivity contribution in [1.82, 2.24) is 10.3 Å². The number of hydrogen-bond donors (Lipinski definition) is 2. The number of nitrogens with one attached hydrogen (secondary N) is 2. The molecule has 2 heterocycles. The highest BCUT2D eigenvalue weighted by Gasteiger charge is 2.38. The monoisotopic (exact) mass is 279 g/mol. The summed E-state index contributed by atoms with van der Waals surface area (Å²) in [5, 5.41) is 7.21. The molecule has 0 unspecified atom stereocenters. The van der Waals surface area contributed by atoms with Crippen molar-refractivity contribution in [2.24, 2.45) is 5.41 Å². The lowest BCUT2D eigenvalue weighted by Gasteiger charge is -2.34. The molecule has 5 heteroatoms. The summed E-state index contributed by atoms with van der Waals surface area (Å²) in [6.45, 7) is 4.00. The van der Waals surface area contributed by atoms with E-state index in [0.717, 1.165) is 50.3 Å². The lowest BCUT2D eigenvalue weighted by Crippen LogP contribution is -2.44. The predicted molar refractivity (Wildman–Crippen MR) is 77.6 cm³/mol. The van der Waals surface area contributed by atoms with E-state index in [0.29, 0.717) is 0 Å². The Balaban J connectivity index is 1.72. The van der Waals surface area contributed by atoms with Crippen LogP contribution >= 0.6 is 11.3 Å². The highest BCUT2D eigenvalue weighted by molar-refractivity contribution is 7.15. The number of carbonyl (C=O) groups excluding carboxylic acids is 1. The van der Waals surface area contributed by atoms with Crippen LogP contribution in [0.4, 0.5) is 5.13 Å². The maximum absolute atomic E-state index is 12.6. The fourth-order valence-corrected chi connectivity index (χ4v) is 4.16. The van der Waals surface area contributed by atoms with Crippen molar-refractivity contribution < 1.29 is 4.79 Å². The molecule has 0 bridgehead atoms. The summed E-state index contributed by atoms with van der Waals surface area (Å²) in [4.78, 5) is 18.5. The van der Waals surface area contributed by atoms with E-state index in [9.17, 15) is 4.79 Å². The van der Waals surface area contributed by atoms with Crippen LogP contribution in [0.5, 0.6) is 0 Å². The second-order valence-corrected chi connectivity index (χ2v) is 6.66. The molecule has 2 N–H and O–H groups in total. The van der Waals surface area contributed by atoms with Gasteiger partial charge in [-0.05, 0) is 51.6 Å². The van der Waals surface area contributed by atoms with Gasteiger partial charge in [-0.15, -0.1) is 11.3 Å². The van der Waals surface area contributed by atoms with Gasteiger partial charge in [-0.2, -0.15) is 0 Å². The third-order valence-corrected chi connectivity index (χ3v) is 5.61. The van der Waals surface area contributed by atoms with Gasteiger partial charge in [-0.3, -0.25) is 4.79 Å². The standard InChI is InChI=1S/C14H21N3OS/c1-2-14(6-8-15-9-7-14)12(18)17-13-16-10-4-3-5-11(10)19-13/h15H,2-9H2,1H3,(H,16,17,18). The lowest BCUT2D eigenvalue weighted by molar-refractivity contribution is -0.127. The van der Waals surface area contributed by atoms with Crippen LogP contribution in [0.2, 0.25) is 0 Å². The van der Waals surface area contributed by atoms with E-state index in [1.165, 1.54) is 17.0 Å². The number of rotatable bonds is 3. The summed E-state index contributed by atoms with van der Waals surface area (Å²) in [6.07, 6.45) is 6.19. The highest BCUT2D eigenvalue weighted by atomic mass is 32.1. The number of hydrogen-bond acceptors (Lipinski definition) is 4. The number of carbonyl (C=O) groups is 1. The molecule has 1 saturated heterocycles. The average Bonchev–Trinajstić information content (AvgIpc) is 3.00. The van der Waals surface area contributed by atoms with Crippen LogP contribution in [0.3, 0.4) is 0 Å². The Bertz CT molecular complexity index is 456. The molecule has 0 radical (unpaired) electrons. The number of nitrogens with zero attached hydrogens (tertiary/aromatic N) is 1. The minimum Gasteiger partial charge on any atom is -0.317 e. The zero-order valence-corrected chi connectivity index (χ0v) is 12.2. The molecule has 1 aromatic heterocycles. The van der Waals surface area contributed by atoms with Crippen molar-refractivity contribution in [1.29, 1.82) is 0 Å². The van der Waals surface area contributed by atoms with E-state index in [2.05, 4.69) is 22.5 Å². The maximum Gasteiger partial charge on any atom is 0.232 e. The van der Waals surface area contributed by atoms with Crippen LogP contribution in [0.1, 0.15) is 43.2 Å². The molecular weight excluding hydrogens is 258 g/mol. The molecule has 104 valence electrons. The summed E-state index contributed by atoms with van der Waals surface area (Å²) in [5.41, 5.74) is 1.01. The van der Waals surface area contributed by atoms with Crippen molar-refractivity contribution in [2.45, 2.75) is 45.4 Å². The number of piperidine rings is 1. The first kappa shape index (κ1) is 13.1. The lowest BCUT2D eigenvalue weighted by atomic mass is 9.76. The third kappa shape index (κ3) is 2.41. The number of fused-ring (bicyclic) bond motifs is 1. The first-order valence-corrected chi connectivity index (χ1v) is 8.06. The topological polar surface area (TPSA) is 54.0 Å². The van der Waals surface area contributed by atoms with Crippen molar-refractivity contribution in [3.63, 3.8) is 0 Å². The van der Waals surface area contributed by atoms with E-state index < -0.39 is 0 Å². The smallest absolute Gasteiger partial charge is 0.232 e. The van der Waals surface area contributed by atoms with Crippen LogP contribution in [0.25, 0.3) is 0 Å². The Kier molecular flexibility index (Phi) is 3.58. The zero-order valence-electron chi connectivity index (χ0n) is 11.4. The van der Waals surface area contributed by atoms with Gasteiger partial charge in [0.25, 0.3) is 0 Å². The molecule has 3 rings (SSSR count). The second kappa shape index (κ2) is 5.21. The molecular formula is C14H21N3OS. The van der Waals surface area contributed by atoms with Gasteiger partial charge in [0.1, 0.15) is 0 Å². The SMILES string of the molecule is CCC1(C(=O)Nc2nc3c(s2)CCC3)CCNCC1. The summed E-state index contributed by atoms with van der Waals surface area (Å²) < 4.78 is 0. The van der Waals surface area contributed by atoms with E-state index in [-0.39, 0.29) is 11.3 Å². The van der Waals surface area contributed by atoms with E-state index in [1.807, 2.05) is 0 Å². The van der Waals surface area contributed by atoms with Gasteiger partial charge in [0, 0.05) is 4.88 Å². The van der Waals surface area contributed by atoms with Gasteiger partial charge in [-0.25, -0.2) is 4.98 Å². The molecule has 4 nitrogen and oxygen atoms in total. The predicted octanol–water partition coefficient (Wildman–Crippen LogP) is 2.35. The molecule has 0 atom stereocenters. The van der Waals surface area contributed by atoms with E-state index >= 15 is 0 Å². The van der Waals surface area contributed by atoms with Gasteiger partial charge in [0.15, 0.2) is 5.13 Å². The Morgan fingerprint density at radius 1 is 1.42 bits per heavy atom. The normalized spacial score (nSPS) is 21.1. The van der Waals surface area contributed by atoms with Crippen LogP contribution in [-0.4, -0.2) is 24.0 Å². The van der Waals surface area contributed by atoms with Gasteiger partial charge < -0.3 is 10.6 Å². The summed E-state index contributed by atoms with van der Waals surface area (Å²) in [6, 6.07) is 0. The molecule has 0 saturated carbocycles. The van der Waals surface area contributed by atoms with Crippen molar-refractivity contribution in [3.8, 4) is 0 Å². The van der Waals surface area contributed by atoms with Crippen LogP contribution in [0, 0.1) is 5.41 Å². The molecule has 0 aromatic carbocycles. The van der Waals surface area contributed by atoms with Gasteiger partial charge >= 0.3 is 0 Å². The first-order chi connectivity index (χ1) is 9.23. The number of aryl methyl sites for hydroxylation is 2. The zero-order chi connectivity index (χ0) is 13.3. The van der Waals surface area contributed by atoms with Crippen LogP contribution in [0.15, 0.2) is 0 Å². The average molecular weight is 279 g/mol. The maximum atomic E-state index is 12.6. The summed E-state index contributed by atoms with van der Waals surface area (Å²) in [7, 11) is 0. The Hall–Kier alpha value is -0.940. The quantitative estimate of drug-likeness (QED) is 0.893. The van der Waals surface area contributed by atoms with Crippen molar-refractivity contribution in [3.05, 3.63) is 10.6 Å². The number of thiazole rings is 1. The van der Waals surface area contributed by atoms with Gasteiger partial charge in [-0.1, -0.05) is 6.92 Å². The highest BCUT2D eigenvalue weighted by Crippen LogP contribution is 2.36. The van der Waals surface area contributed by atoms with Crippen LogP contribution < -0.4 is 10.6 Å². The minimum atomic E-state index is -0.193. The first-order valence-electron chi connectivity index (χ1n) is 7.24. The second-order valence-electron chi connectivity index (χ2n) is 5.58. The number of anilines is 1. The van der Waals surface area contributed by atoms with Crippen molar-refractivity contribution >= 4 is 22.4 Å². The molecule has 19 heavy (non-hydrogen) atoms. The number of amides is 1. The van der Waals surface area contributed by atoms with E-state index in [1.54, 1.807) is 11.3 Å². The Morgan fingerprint density at radius 2 is 2.21 bits per heavy atom. The summed E-state index contributed by atoms with van der Waals surface area (Å²) in [5.74, 6) is 0.170. The largest absolute Gasteiger partial charge is 0.317 e. The number of aromatic nitrogens is 1. The Labute approximate surface area is 118 Å². The molecule has 1 aliphatic carbocycles. The van der Waals surface area contributed by atoms with Crippen LogP contribution in [-0.2, 0) is 17.6 Å². The summed E-state index contributed by atoms with van der Waals surface area (Å²) >= 11 is 1.66. The molecule has 2 aliphatic rings. The van der Waals surface area contributed by atoms with E-state index in [4.69, 9.17) is 0 Å². The third-order valence-electron chi connectivity index (χ3n) is 4.54. The van der Waals surface area contributed by atoms with Crippen molar-refractivity contribution in [2.75, 3.05) is 18.4 Å². The molecule has 0 spiro atoms. The fourth-order valence-electron chi connectivity index (χ4n) is 3.12. The Morgan fingerprint density at radius 3 is 2.89 bits per heavy atom. The molecule has 1 amide bonds. The molecule has 1 aromatic rings. The fraction of sp³-hybridized carbons (Fsp3) is 0.714. The minimum absolute atomic E-state index is 0.170. The molecule has 1 fully saturated rings.